The average molecular weight is 402 g/mol. The smallest absolute Gasteiger partial charge is 0.301 e. The predicted molar refractivity (Wildman–Crippen MR) is 102 cm³/mol. The summed E-state index contributed by atoms with van der Waals surface area (Å²) in [6.07, 6.45) is 0. The van der Waals surface area contributed by atoms with Crippen LogP contribution in [0.1, 0.15) is 20.8 Å². The van der Waals surface area contributed by atoms with Gasteiger partial charge in [0.25, 0.3) is 0 Å². The number of phenolic OH excluding ortho intramolecular Hbond substituents is 1. The number of hydrogen-bond acceptors (Lipinski definition) is 5. The summed E-state index contributed by atoms with van der Waals surface area (Å²) in [7, 11) is -4.93. The lowest BCUT2D eigenvalue weighted by Crippen LogP contribution is -2.40. The molecule has 0 bridgehead atoms. The van der Waals surface area contributed by atoms with Crippen LogP contribution >= 0.6 is 0 Å². The Morgan fingerprint density at radius 1 is 0.962 bits per heavy atom. The highest BCUT2D eigenvalue weighted by molar-refractivity contribution is 7.90. The zero-order valence-electron chi connectivity index (χ0n) is 15.2. The summed E-state index contributed by atoms with van der Waals surface area (Å²) in [6, 6.07) is 7.29. The lowest BCUT2D eigenvalue weighted by Gasteiger charge is -2.21. The van der Waals surface area contributed by atoms with Crippen LogP contribution in [0, 0.1) is 0 Å². The van der Waals surface area contributed by atoms with Crippen LogP contribution < -0.4 is 9.44 Å². The molecule has 0 aliphatic carbocycles. The first kappa shape index (κ1) is 20.4. The molecule has 144 valence electrons. The minimum Gasteiger partial charge on any atom is -0.506 e. The fourth-order valence-electron chi connectivity index (χ4n) is 2.32. The highest BCUT2D eigenvalue weighted by atomic mass is 32.2. The van der Waals surface area contributed by atoms with Gasteiger partial charge in [-0.3, -0.25) is 4.72 Å². The molecule has 0 aliphatic heterocycles. The van der Waals surface area contributed by atoms with Crippen LogP contribution in [-0.4, -0.2) is 45.9 Å². The lowest BCUT2D eigenvalue weighted by atomic mass is 10.1. The third-order valence-corrected chi connectivity index (χ3v) is 6.67. The molecule has 8 nitrogen and oxygen atoms in total. The topological polar surface area (TPSA) is 116 Å². The van der Waals surface area contributed by atoms with Crippen molar-refractivity contribution in [1.82, 2.24) is 9.03 Å². The molecule has 2 rings (SSSR count). The molecule has 0 radical (unpaired) electrons. The Balaban J connectivity index is 2.62. The van der Waals surface area contributed by atoms with Crippen molar-refractivity contribution in [3.05, 3.63) is 30.3 Å². The van der Waals surface area contributed by atoms with Crippen LogP contribution in [0.4, 0.5) is 5.69 Å². The summed E-state index contributed by atoms with van der Waals surface area (Å²) in [6.45, 7) is 5.07. The van der Waals surface area contributed by atoms with E-state index in [4.69, 9.17) is 0 Å². The van der Waals surface area contributed by atoms with Crippen LogP contribution in [0.2, 0.25) is 0 Å². The second-order valence-corrected chi connectivity index (χ2v) is 10.6. The fraction of sp³-hybridized carbons (Fsp3) is 0.375. The molecule has 0 aromatic heterocycles. The SMILES string of the molecule is CN(C)S(=O)(=O)Nc1cccc2c(O)c(S(=O)(=O)NC(C)(C)C)ccc12. The van der Waals surface area contributed by atoms with Gasteiger partial charge in [0, 0.05) is 30.4 Å². The minimum absolute atomic E-state index is 0.223. The summed E-state index contributed by atoms with van der Waals surface area (Å²) in [5.74, 6) is -0.440. The fourth-order valence-corrected chi connectivity index (χ4v) is 4.48. The number of nitrogens with zero attached hydrogens (tertiary/aromatic N) is 1. The van der Waals surface area contributed by atoms with E-state index in [2.05, 4.69) is 9.44 Å². The van der Waals surface area contributed by atoms with Gasteiger partial charge in [-0.1, -0.05) is 18.2 Å². The quantitative estimate of drug-likeness (QED) is 0.707. The molecule has 10 heteroatoms. The van der Waals surface area contributed by atoms with E-state index in [1.54, 1.807) is 20.8 Å². The maximum atomic E-state index is 12.5. The van der Waals surface area contributed by atoms with Gasteiger partial charge < -0.3 is 5.11 Å². The van der Waals surface area contributed by atoms with Gasteiger partial charge in [-0.2, -0.15) is 12.7 Å². The maximum Gasteiger partial charge on any atom is 0.301 e. The molecular weight excluding hydrogens is 378 g/mol. The molecule has 2 aromatic rings. The van der Waals surface area contributed by atoms with Gasteiger partial charge >= 0.3 is 10.2 Å². The molecule has 3 N–H and O–H groups in total. The number of rotatable bonds is 5. The highest BCUT2D eigenvalue weighted by Crippen LogP contribution is 2.36. The Hall–Kier alpha value is -1.88. The van der Waals surface area contributed by atoms with E-state index >= 15 is 0 Å². The molecule has 0 fully saturated rings. The van der Waals surface area contributed by atoms with E-state index in [9.17, 15) is 21.9 Å². The largest absolute Gasteiger partial charge is 0.506 e. The van der Waals surface area contributed by atoms with Gasteiger partial charge in [-0.15, -0.1) is 0 Å². The van der Waals surface area contributed by atoms with Crippen LogP contribution in [0.25, 0.3) is 10.8 Å². The summed E-state index contributed by atoms with van der Waals surface area (Å²) >= 11 is 0. The number of phenols is 1. The van der Waals surface area contributed by atoms with E-state index < -0.39 is 31.5 Å². The van der Waals surface area contributed by atoms with Crippen molar-refractivity contribution < 1.29 is 21.9 Å². The van der Waals surface area contributed by atoms with Gasteiger partial charge in [0.1, 0.15) is 10.6 Å². The zero-order chi connectivity index (χ0) is 19.9. The van der Waals surface area contributed by atoms with Crippen molar-refractivity contribution in [2.45, 2.75) is 31.2 Å². The summed E-state index contributed by atoms with van der Waals surface area (Å²) in [5, 5.41) is 11.1. The van der Waals surface area contributed by atoms with E-state index in [1.165, 1.54) is 44.4 Å². The Morgan fingerprint density at radius 2 is 1.58 bits per heavy atom. The molecule has 0 saturated heterocycles. The van der Waals surface area contributed by atoms with Gasteiger partial charge in [-0.05, 0) is 32.9 Å². The normalized spacial score (nSPS) is 13.3. The second kappa shape index (κ2) is 6.69. The van der Waals surface area contributed by atoms with Crippen molar-refractivity contribution in [2.75, 3.05) is 18.8 Å². The highest BCUT2D eigenvalue weighted by Gasteiger charge is 2.26. The van der Waals surface area contributed by atoms with Crippen molar-refractivity contribution in [3.8, 4) is 5.75 Å². The van der Waals surface area contributed by atoms with Gasteiger partial charge in [0.05, 0.1) is 5.69 Å². The first-order valence-corrected chi connectivity index (χ1v) is 10.7. The third kappa shape index (κ3) is 4.26. The van der Waals surface area contributed by atoms with E-state index in [-0.39, 0.29) is 16.0 Å². The monoisotopic (exact) mass is 401 g/mol. The molecule has 0 amide bonds. The van der Waals surface area contributed by atoms with Crippen LogP contribution in [0.5, 0.6) is 5.75 Å². The van der Waals surface area contributed by atoms with E-state index in [0.717, 1.165) is 4.31 Å². The Bertz CT molecular complexity index is 1040. The van der Waals surface area contributed by atoms with Gasteiger partial charge in [0.15, 0.2) is 0 Å². The van der Waals surface area contributed by atoms with Crippen molar-refractivity contribution >= 4 is 36.7 Å². The molecule has 26 heavy (non-hydrogen) atoms. The molecule has 0 unspecified atom stereocenters. The average Bonchev–Trinajstić information content (AvgIpc) is 2.45. The lowest BCUT2D eigenvalue weighted by molar-refractivity contribution is 0.458. The number of hydrogen-bond donors (Lipinski definition) is 3. The molecular formula is C16H23N3O5S2. The standard InChI is InChI=1S/C16H23N3O5S2/c1-16(2,3)18-25(21,22)14-10-9-11-12(15(14)20)7-6-8-13(11)17-26(23,24)19(4)5/h6-10,17-18,20H,1-5H3. The van der Waals surface area contributed by atoms with Crippen LogP contribution in [0.3, 0.4) is 0 Å². The van der Waals surface area contributed by atoms with Gasteiger partial charge in [-0.25, -0.2) is 13.1 Å². The van der Waals surface area contributed by atoms with E-state index in [1.807, 2.05) is 0 Å². The zero-order valence-corrected chi connectivity index (χ0v) is 16.9. The molecule has 2 aromatic carbocycles. The van der Waals surface area contributed by atoms with Gasteiger partial charge in [0.2, 0.25) is 10.0 Å². The van der Waals surface area contributed by atoms with E-state index in [0.29, 0.717) is 5.39 Å². The van der Waals surface area contributed by atoms with Crippen molar-refractivity contribution in [1.29, 1.82) is 0 Å². The summed E-state index contributed by atoms with van der Waals surface area (Å²) in [5.41, 5.74) is -0.483. The number of sulfonamides is 1. The molecule has 0 spiro atoms. The third-order valence-electron chi connectivity index (χ3n) is 3.45. The number of benzene rings is 2. The minimum atomic E-state index is -3.95. The Labute approximate surface area is 154 Å². The van der Waals surface area contributed by atoms with Crippen molar-refractivity contribution in [3.63, 3.8) is 0 Å². The first-order valence-electron chi connectivity index (χ1n) is 7.73. The number of aromatic hydroxyl groups is 1. The number of nitrogens with one attached hydrogen (secondary N) is 2. The number of anilines is 1. The summed E-state index contributed by atoms with van der Waals surface area (Å²) in [4.78, 5) is -0.271. The molecule has 0 saturated carbocycles. The van der Waals surface area contributed by atoms with Crippen molar-refractivity contribution in [2.24, 2.45) is 0 Å². The summed E-state index contributed by atoms with van der Waals surface area (Å²) < 4.78 is 55.1. The predicted octanol–water partition coefficient (Wildman–Crippen LogP) is 1.84. The second-order valence-electron chi connectivity index (χ2n) is 7.06. The van der Waals surface area contributed by atoms with Crippen LogP contribution in [-0.2, 0) is 20.2 Å². The molecule has 0 atom stereocenters. The Kier molecular flexibility index (Phi) is 5.26. The molecule has 0 aliphatic rings. The number of fused-ring (bicyclic) bond motifs is 1. The molecule has 0 heterocycles. The first-order chi connectivity index (χ1) is 11.7. The van der Waals surface area contributed by atoms with Crippen LogP contribution in [0.15, 0.2) is 35.2 Å². The maximum absolute atomic E-state index is 12.5. The Morgan fingerprint density at radius 3 is 2.12 bits per heavy atom.